The van der Waals surface area contributed by atoms with Gasteiger partial charge >= 0.3 is 11.9 Å². The van der Waals surface area contributed by atoms with Crippen molar-refractivity contribution in [3.8, 4) is 5.75 Å². The highest BCUT2D eigenvalue weighted by Gasteiger charge is 2.15. The van der Waals surface area contributed by atoms with Crippen molar-refractivity contribution in [2.24, 2.45) is 0 Å². The minimum atomic E-state index is -0.489. The molecule has 4 nitrogen and oxygen atoms in total. The van der Waals surface area contributed by atoms with Crippen LogP contribution in [0.2, 0.25) is 0 Å². The molecular weight excluding hydrogens is 416 g/mol. The third kappa shape index (κ3) is 3.96. The molecule has 0 aliphatic rings. The van der Waals surface area contributed by atoms with Crippen LogP contribution in [0, 0.1) is 0 Å². The monoisotopic (exact) mass is 426 g/mol. The molecule has 0 spiro atoms. The van der Waals surface area contributed by atoms with Crippen molar-refractivity contribution in [3.63, 3.8) is 0 Å². The van der Waals surface area contributed by atoms with Gasteiger partial charge in [-0.25, -0.2) is 9.59 Å². The van der Waals surface area contributed by atoms with Crippen LogP contribution in [0.5, 0.6) is 5.75 Å². The summed E-state index contributed by atoms with van der Waals surface area (Å²) in [6.45, 7) is 2.04. The Balaban J connectivity index is 2.19. The fourth-order valence-corrected chi connectivity index (χ4v) is 2.61. The molecule has 22 heavy (non-hydrogen) atoms. The van der Waals surface area contributed by atoms with E-state index in [-0.39, 0.29) is 0 Å². The van der Waals surface area contributed by atoms with Gasteiger partial charge in [0.25, 0.3) is 0 Å². The number of rotatable bonds is 4. The van der Waals surface area contributed by atoms with Crippen LogP contribution in [0.3, 0.4) is 0 Å². The normalized spacial score (nSPS) is 10.1. The first-order chi connectivity index (χ1) is 10.5. The van der Waals surface area contributed by atoms with Crippen molar-refractivity contribution >= 4 is 43.8 Å². The Labute approximate surface area is 144 Å². The molecule has 0 bridgehead atoms. The maximum Gasteiger partial charge on any atom is 0.344 e. The van der Waals surface area contributed by atoms with E-state index in [1.54, 1.807) is 43.3 Å². The van der Waals surface area contributed by atoms with E-state index in [1.807, 2.05) is 6.07 Å². The molecule has 0 atom stereocenters. The third-order valence-electron chi connectivity index (χ3n) is 2.74. The van der Waals surface area contributed by atoms with Gasteiger partial charge in [-0.2, -0.15) is 0 Å². The molecule has 0 saturated heterocycles. The molecule has 0 radical (unpaired) electrons. The van der Waals surface area contributed by atoms with Crippen molar-refractivity contribution in [3.05, 3.63) is 62.5 Å². The van der Waals surface area contributed by atoms with Gasteiger partial charge in [-0.05, 0) is 69.1 Å². The van der Waals surface area contributed by atoms with E-state index < -0.39 is 11.9 Å². The highest BCUT2D eigenvalue weighted by molar-refractivity contribution is 9.10. The summed E-state index contributed by atoms with van der Waals surface area (Å²) in [7, 11) is 0. The van der Waals surface area contributed by atoms with Crippen molar-refractivity contribution in [2.45, 2.75) is 6.92 Å². The number of benzene rings is 2. The number of hydrogen-bond donors (Lipinski definition) is 0. The number of halogens is 2. The summed E-state index contributed by atoms with van der Waals surface area (Å²) in [6.07, 6.45) is 0. The summed E-state index contributed by atoms with van der Waals surface area (Å²) in [4.78, 5) is 23.8. The molecule has 0 aliphatic heterocycles. The lowest BCUT2D eigenvalue weighted by molar-refractivity contribution is 0.0526. The average Bonchev–Trinajstić information content (AvgIpc) is 2.49. The first-order valence-electron chi connectivity index (χ1n) is 6.46. The summed E-state index contributed by atoms with van der Waals surface area (Å²) in [5.74, 6) is -0.585. The van der Waals surface area contributed by atoms with Crippen molar-refractivity contribution in [2.75, 3.05) is 6.61 Å². The van der Waals surface area contributed by atoms with Crippen LogP contribution < -0.4 is 4.74 Å². The number of ether oxygens (including phenoxy) is 2. The molecule has 2 aromatic rings. The Morgan fingerprint density at radius 1 is 1.00 bits per heavy atom. The summed E-state index contributed by atoms with van der Waals surface area (Å²) < 4.78 is 11.4. The second-order valence-corrected chi connectivity index (χ2v) is 5.94. The van der Waals surface area contributed by atoms with E-state index in [4.69, 9.17) is 9.47 Å². The van der Waals surface area contributed by atoms with Crippen LogP contribution in [-0.4, -0.2) is 18.5 Å². The Bertz CT molecular complexity index is 713. The molecule has 0 saturated carbocycles. The van der Waals surface area contributed by atoms with Gasteiger partial charge in [0.05, 0.1) is 22.2 Å². The zero-order valence-electron chi connectivity index (χ0n) is 11.6. The van der Waals surface area contributed by atoms with E-state index in [0.717, 1.165) is 0 Å². The van der Waals surface area contributed by atoms with Gasteiger partial charge in [-0.1, -0.05) is 12.1 Å². The molecule has 0 aromatic heterocycles. The zero-order chi connectivity index (χ0) is 16.1. The lowest BCUT2D eigenvalue weighted by Crippen LogP contribution is -2.10. The van der Waals surface area contributed by atoms with Crippen molar-refractivity contribution < 1.29 is 19.1 Å². The highest BCUT2D eigenvalue weighted by Crippen LogP contribution is 2.28. The topological polar surface area (TPSA) is 52.6 Å². The van der Waals surface area contributed by atoms with Gasteiger partial charge in [-0.3, -0.25) is 0 Å². The van der Waals surface area contributed by atoms with E-state index in [1.165, 1.54) is 0 Å². The fourth-order valence-electron chi connectivity index (χ4n) is 1.71. The molecule has 114 valence electrons. The van der Waals surface area contributed by atoms with E-state index in [9.17, 15) is 9.59 Å². The Morgan fingerprint density at radius 3 is 2.36 bits per heavy atom. The van der Waals surface area contributed by atoms with E-state index in [2.05, 4.69) is 31.9 Å². The Kier molecular flexibility index (Phi) is 5.74. The van der Waals surface area contributed by atoms with E-state index in [0.29, 0.717) is 32.4 Å². The zero-order valence-corrected chi connectivity index (χ0v) is 14.8. The van der Waals surface area contributed by atoms with Gasteiger partial charge in [0, 0.05) is 4.47 Å². The summed E-state index contributed by atoms with van der Waals surface area (Å²) in [5.41, 5.74) is 0.804. The summed E-state index contributed by atoms with van der Waals surface area (Å²) in [6, 6.07) is 11.6. The standard InChI is InChI=1S/C16H12Br2O4/c1-2-21-15(19)10-7-8-14(13(18)9-10)22-16(20)11-5-3-4-6-12(11)17/h3-9H,2H2,1H3. The largest absolute Gasteiger partial charge is 0.462 e. The molecule has 0 aliphatic carbocycles. The van der Waals surface area contributed by atoms with Gasteiger partial charge in [-0.15, -0.1) is 0 Å². The quantitative estimate of drug-likeness (QED) is 0.528. The lowest BCUT2D eigenvalue weighted by atomic mass is 10.2. The molecule has 0 fully saturated rings. The van der Waals surface area contributed by atoms with Crippen LogP contribution in [0.1, 0.15) is 27.6 Å². The van der Waals surface area contributed by atoms with Gasteiger partial charge in [0.2, 0.25) is 0 Å². The molecule has 0 amide bonds. The summed E-state index contributed by atoms with van der Waals surface area (Å²) >= 11 is 6.59. The molecule has 6 heteroatoms. The molecule has 2 aromatic carbocycles. The van der Waals surface area contributed by atoms with Gasteiger partial charge in [0.1, 0.15) is 5.75 Å². The Hall–Kier alpha value is -1.66. The SMILES string of the molecule is CCOC(=O)c1ccc(OC(=O)c2ccccc2Br)c(Br)c1. The summed E-state index contributed by atoms with van der Waals surface area (Å²) in [5, 5.41) is 0. The maximum absolute atomic E-state index is 12.1. The second-order valence-electron chi connectivity index (χ2n) is 4.24. The molecule has 0 unspecified atom stereocenters. The smallest absolute Gasteiger partial charge is 0.344 e. The van der Waals surface area contributed by atoms with E-state index >= 15 is 0 Å². The minimum Gasteiger partial charge on any atom is -0.462 e. The van der Waals surface area contributed by atoms with Crippen LogP contribution in [0.25, 0.3) is 0 Å². The molecular formula is C16H12Br2O4. The highest BCUT2D eigenvalue weighted by atomic mass is 79.9. The fraction of sp³-hybridized carbons (Fsp3) is 0.125. The van der Waals surface area contributed by atoms with Gasteiger partial charge in [0.15, 0.2) is 0 Å². The number of esters is 2. The van der Waals surface area contributed by atoms with Crippen LogP contribution >= 0.6 is 31.9 Å². The second kappa shape index (κ2) is 7.56. The minimum absolute atomic E-state index is 0.301. The first kappa shape index (κ1) is 16.7. The lowest BCUT2D eigenvalue weighted by Gasteiger charge is -2.09. The van der Waals surface area contributed by atoms with Crippen LogP contribution in [-0.2, 0) is 4.74 Å². The van der Waals surface area contributed by atoms with Gasteiger partial charge < -0.3 is 9.47 Å². The number of carbonyl (C=O) groups excluding carboxylic acids is 2. The van der Waals surface area contributed by atoms with Crippen LogP contribution in [0.15, 0.2) is 51.4 Å². The predicted molar refractivity (Wildman–Crippen MR) is 89.2 cm³/mol. The molecule has 2 rings (SSSR count). The molecule has 0 N–H and O–H groups in total. The molecule has 0 heterocycles. The Morgan fingerprint density at radius 2 is 1.73 bits per heavy atom. The van der Waals surface area contributed by atoms with Crippen molar-refractivity contribution in [1.82, 2.24) is 0 Å². The number of hydrogen-bond acceptors (Lipinski definition) is 4. The third-order valence-corrected chi connectivity index (χ3v) is 4.05. The maximum atomic E-state index is 12.1. The van der Waals surface area contributed by atoms with Crippen molar-refractivity contribution in [1.29, 1.82) is 0 Å². The average molecular weight is 428 g/mol. The first-order valence-corrected chi connectivity index (χ1v) is 8.05. The number of carbonyl (C=O) groups is 2. The van der Waals surface area contributed by atoms with Crippen LogP contribution in [0.4, 0.5) is 0 Å². The predicted octanol–water partition coefficient (Wildman–Crippen LogP) is 4.61.